The van der Waals surface area contributed by atoms with Crippen LogP contribution in [-0.2, 0) is 32.0 Å². The van der Waals surface area contributed by atoms with Gasteiger partial charge < -0.3 is 41.3 Å². The van der Waals surface area contributed by atoms with Crippen molar-refractivity contribution < 1.29 is 68.6 Å². The Morgan fingerprint density at radius 2 is 0.938 bits per heavy atom. The third kappa shape index (κ3) is 134. The van der Waals surface area contributed by atoms with Crippen LogP contribution in [0, 0.1) is 13.4 Å². The third-order valence-electron chi connectivity index (χ3n) is 0.471. The number of rotatable bonds is 4. The molecule has 0 aromatic carbocycles. The Morgan fingerprint density at radius 3 is 1.06 bits per heavy atom. The van der Waals surface area contributed by atoms with Crippen LogP contribution in [0.5, 0.6) is 0 Å². The van der Waals surface area contributed by atoms with Gasteiger partial charge in [-0.1, -0.05) is 0 Å². The van der Waals surface area contributed by atoms with Gasteiger partial charge in [-0.05, 0) is 0 Å². The third-order valence-corrected chi connectivity index (χ3v) is 0.471. The van der Waals surface area contributed by atoms with E-state index >= 15 is 0 Å². The van der Waals surface area contributed by atoms with Crippen molar-refractivity contribution in [2.75, 3.05) is 26.4 Å². The SMILES string of the molecule is F[C-](F)F.F[C-](F)F.OCCOCCO.[Cd+2]. The van der Waals surface area contributed by atoms with Gasteiger partial charge in [0.15, 0.2) is 13.4 Å². The molecule has 10 heteroatoms. The molecule has 0 rings (SSSR count). The van der Waals surface area contributed by atoms with Gasteiger partial charge in [0.05, 0.1) is 26.4 Å². The monoisotopic (exact) mass is 358 g/mol. The van der Waals surface area contributed by atoms with Crippen molar-refractivity contribution >= 4 is 0 Å². The molecular formula is C6H10CdF6O3. The van der Waals surface area contributed by atoms with Crippen molar-refractivity contribution in [3.8, 4) is 0 Å². The first-order chi connectivity index (χ1) is 6.88. The van der Waals surface area contributed by atoms with Gasteiger partial charge in [0.25, 0.3) is 0 Å². The second-order valence-electron chi connectivity index (χ2n) is 1.49. The molecule has 16 heavy (non-hydrogen) atoms. The van der Waals surface area contributed by atoms with E-state index in [9.17, 15) is 26.3 Å². The van der Waals surface area contributed by atoms with Gasteiger partial charge in [0.2, 0.25) is 0 Å². The van der Waals surface area contributed by atoms with Crippen molar-refractivity contribution in [1.82, 2.24) is 0 Å². The Balaban J connectivity index is -0.0000000700. The molecule has 0 spiro atoms. The predicted octanol–water partition coefficient (Wildman–Crippen LogP) is 1.67. The summed E-state index contributed by atoms with van der Waals surface area (Å²) in [5.41, 5.74) is 0. The second-order valence-corrected chi connectivity index (χ2v) is 1.49. The molecule has 0 bridgehead atoms. The van der Waals surface area contributed by atoms with Crippen LogP contribution in [0.25, 0.3) is 0 Å². The minimum atomic E-state index is -3.08. The van der Waals surface area contributed by atoms with Gasteiger partial charge in [0, 0.05) is 0 Å². The number of halogens is 6. The number of hydrogen-bond donors (Lipinski definition) is 2. The van der Waals surface area contributed by atoms with E-state index < -0.39 is 13.4 Å². The second kappa shape index (κ2) is 24.6. The van der Waals surface area contributed by atoms with Crippen LogP contribution in [0.2, 0.25) is 0 Å². The smallest absolute Gasteiger partial charge is 0.394 e. The molecule has 0 saturated carbocycles. The first-order valence-corrected chi connectivity index (χ1v) is 3.34. The normalized spacial score (nSPS) is 8.62. The Hall–Kier alpha value is 0.382. The zero-order valence-electron chi connectivity index (χ0n) is 8.11. The first kappa shape index (κ1) is 25.3. The molecule has 3 nitrogen and oxygen atoms in total. The molecule has 0 amide bonds. The molecule has 0 fully saturated rings. The fraction of sp³-hybridized carbons (Fsp3) is 0.667. The van der Waals surface area contributed by atoms with Crippen molar-refractivity contribution in [2.24, 2.45) is 0 Å². The zero-order chi connectivity index (χ0) is 12.7. The number of hydrogen-bond acceptors (Lipinski definition) is 3. The maximum Gasteiger partial charge on any atom is 2.00 e. The van der Waals surface area contributed by atoms with Gasteiger partial charge >= 0.3 is 27.3 Å². The van der Waals surface area contributed by atoms with Crippen LogP contribution < -0.4 is 0 Å². The van der Waals surface area contributed by atoms with E-state index in [0.29, 0.717) is 13.2 Å². The quantitative estimate of drug-likeness (QED) is 0.349. The molecule has 2 N–H and O–H groups in total. The van der Waals surface area contributed by atoms with Crippen LogP contribution in [0.15, 0.2) is 0 Å². The molecule has 0 aliphatic carbocycles. The van der Waals surface area contributed by atoms with Crippen LogP contribution in [0.3, 0.4) is 0 Å². The summed E-state index contributed by atoms with van der Waals surface area (Å²) in [6.45, 7) is -5.47. The van der Waals surface area contributed by atoms with Crippen LogP contribution in [0.1, 0.15) is 0 Å². The summed E-state index contributed by atoms with van der Waals surface area (Å²) in [4.78, 5) is 0. The Labute approximate surface area is 109 Å². The minimum absolute atomic E-state index is 0. The summed E-state index contributed by atoms with van der Waals surface area (Å²) in [7, 11) is 0. The van der Waals surface area contributed by atoms with Gasteiger partial charge in [-0.25, -0.2) is 0 Å². The van der Waals surface area contributed by atoms with E-state index in [4.69, 9.17) is 10.2 Å². The maximum atomic E-state index is 9.58. The van der Waals surface area contributed by atoms with Crippen molar-refractivity contribution in [2.45, 2.75) is 0 Å². The van der Waals surface area contributed by atoms with E-state index in [2.05, 4.69) is 4.74 Å². The van der Waals surface area contributed by atoms with Crippen LogP contribution in [-0.4, -0.2) is 36.6 Å². The molecule has 0 unspecified atom stereocenters. The van der Waals surface area contributed by atoms with Gasteiger partial charge in [-0.2, -0.15) is 0 Å². The Morgan fingerprint density at radius 1 is 0.750 bits per heavy atom. The molecule has 0 aromatic rings. The standard InChI is InChI=1S/C4H10O3.2CF3.Cd/c5-1-3-7-4-2-6;2*2-1(3)4;/h5-6H,1-4H2;;;/q;2*-1;+2. The Kier molecular flexibility index (Phi) is 38.8. The van der Waals surface area contributed by atoms with E-state index in [1.165, 1.54) is 0 Å². The Bertz CT molecular complexity index is 84.8. The van der Waals surface area contributed by atoms with E-state index in [-0.39, 0.29) is 40.5 Å². The van der Waals surface area contributed by atoms with Crippen LogP contribution >= 0.6 is 0 Å². The average molecular weight is 357 g/mol. The first-order valence-electron chi connectivity index (χ1n) is 3.34. The number of aliphatic hydroxyl groups excluding tert-OH is 2. The fourth-order valence-corrected chi connectivity index (χ4v) is 0.231. The molecule has 96 valence electrons. The van der Waals surface area contributed by atoms with Crippen molar-refractivity contribution in [3.63, 3.8) is 0 Å². The zero-order valence-corrected chi connectivity index (χ0v) is 12.1. The number of ether oxygens (including phenoxy) is 1. The molecule has 0 aliphatic heterocycles. The fourth-order valence-electron chi connectivity index (χ4n) is 0.231. The van der Waals surface area contributed by atoms with Crippen LogP contribution in [0.4, 0.5) is 26.3 Å². The topological polar surface area (TPSA) is 49.7 Å². The minimum Gasteiger partial charge on any atom is -0.394 e. The average Bonchev–Trinajstić information content (AvgIpc) is 2.03. The van der Waals surface area contributed by atoms with E-state index in [1.807, 2.05) is 0 Å². The summed E-state index contributed by atoms with van der Waals surface area (Å²) in [6.07, 6.45) is 0. The summed E-state index contributed by atoms with van der Waals surface area (Å²) >= 11 is 0. The maximum absolute atomic E-state index is 9.58. The summed E-state index contributed by atoms with van der Waals surface area (Å²) < 4.78 is 62.1. The number of aliphatic hydroxyl groups is 2. The van der Waals surface area contributed by atoms with E-state index in [1.54, 1.807) is 0 Å². The molecule has 0 aliphatic rings. The van der Waals surface area contributed by atoms with E-state index in [0.717, 1.165) is 0 Å². The molecule has 0 aromatic heterocycles. The van der Waals surface area contributed by atoms with Crippen molar-refractivity contribution in [3.05, 3.63) is 13.4 Å². The molecule has 0 saturated heterocycles. The van der Waals surface area contributed by atoms with Crippen molar-refractivity contribution in [1.29, 1.82) is 0 Å². The summed E-state index contributed by atoms with van der Waals surface area (Å²) in [6, 6.07) is 0. The predicted molar refractivity (Wildman–Crippen MR) is 38.1 cm³/mol. The molecule has 0 radical (unpaired) electrons. The van der Waals surface area contributed by atoms with Gasteiger partial charge in [-0.15, -0.1) is 0 Å². The molecule has 0 atom stereocenters. The summed E-state index contributed by atoms with van der Waals surface area (Å²) in [5.74, 6) is 0. The molecular weight excluding hydrogens is 346 g/mol. The summed E-state index contributed by atoms with van der Waals surface area (Å²) in [5, 5.41) is 16.2. The largest absolute Gasteiger partial charge is 2.00 e. The van der Waals surface area contributed by atoms with Gasteiger partial charge in [0.1, 0.15) is 0 Å². The van der Waals surface area contributed by atoms with Gasteiger partial charge in [-0.3, -0.25) is 0 Å². The molecule has 0 heterocycles.